The van der Waals surface area contributed by atoms with E-state index in [9.17, 15) is 9.90 Å². The number of fused-ring (bicyclic) bond motifs is 1. The quantitative estimate of drug-likeness (QED) is 0.665. The van der Waals surface area contributed by atoms with E-state index in [0.29, 0.717) is 0 Å². The summed E-state index contributed by atoms with van der Waals surface area (Å²) in [5.74, 6) is -0.326. The first-order valence-electron chi connectivity index (χ1n) is 3.90. The Morgan fingerprint density at radius 3 is 2.92 bits per heavy atom. The highest BCUT2D eigenvalue weighted by Crippen LogP contribution is 2.24. The molecule has 0 aliphatic heterocycles. The van der Waals surface area contributed by atoms with E-state index in [1.165, 1.54) is 12.3 Å². The fourth-order valence-corrected chi connectivity index (χ4v) is 1.27. The lowest BCUT2D eigenvalue weighted by Crippen LogP contribution is -1.91. The third-order valence-electron chi connectivity index (χ3n) is 1.98. The molecule has 0 bridgehead atoms. The first kappa shape index (κ1) is 7.86. The minimum absolute atomic E-state index is 0.257. The minimum atomic E-state index is -0.427. The Morgan fingerprint density at radius 1 is 1.38 bits per heavy atom. The molecule has 1 N–H and O–H groups in total. The van der Waals surface area contributed by atoms with Crippen molar-refractivity contribution in [2.24, 2.45) is 0 Å². The average Bonchev–Trinajstić information content (AvgIpc) is 2.40. The lowest BCUT2D eigenvalue weighted by atomic mass is 10.2. The zero-order valence-electron chi connectivity index (χ0n) is 7.07. The maximum atomic E-state index is 11.1. The predicted molar refractivity (Wildman–Crippen MR) is 48.9 cm³/mol. The number of rotatable bonds is 0. The molecule has 1 heterocycles. The lowest BCUT2D eigenvalue weighted by Gasteiger charge is -1.83. The Labute approximate surface area is 74.2 Å². The minimum Gasteiger partial charge on any atom is -0.502 e. The number of hydrogen-bond donors (Lipinski definition) is 1. The average molecular weight is 176 g/mol. The molecule has 0 fully saturated rings. The van der Waals surface area contributed by atoms with Crippen LogP contribution in [0.3, 0.4) is 0 Å². The Balaban J connectivity index is 3.07. The molecule has 0 saturated heterocycles. The smallest absolute Gasteiger partial charge is 0.224 e. The third kappa shape index (κ3) is 1.09. The molecule has 0 unspecified atom stereocenters. The topological polar surface area (TPSA) is 50.4 Å². The standard InChI is InChI=1S/C10H8O3/c1-6-5-13-10-7(6)3-2-4-8(11)9(10)12/h2-5H,1H3,(H,11,12). The fraction of sp³-hybridized carbons (Fsp3) is 0.100. The molecule has 0 aliphatic rings. The lowest BCUT2D eigenvalue weighted by molar-refractivity contribution is 0.461. The summed E-state index contributed by atoms with van der Waals surface area (Å²) in [6, 6.07) is 4.66. The third-order valence-corrected chi connectivity index (χ3v) is 1.98. The van der Waals surface area contributed by atoms with Gasteiger partial charge in [-0.3, -0.25) is 4.79 Å². The van der Waals surface area contributed by atoms with Crippen molar-refractivity contribution in [1.82, 2.24) is 0 Å². The van der Waals surface area contributed by atoms with Gasteiger partial charge in [-0.25, -0.2) is 0 Å². The molecular weight excluding hydrogens is 168 g/mol. The van der Waals surface area contributed by atoms with Crippen LogP contribution in [0.2, 0.25) is 0 Å². The number of aryl methyl sites for hydroxylation is 1. The van der Waals surface area contributed by atoms with Gasteiger partial charge in [0.05, 0.1) is 6.26 Å². The van der Waals surface area contributed by atoms with Crippen molar-refractivity contribution in [2.75, 3.05) is 0 Å². The summed E-state index contributed by atoms with van der Waals surface area (Å²) in [6.07, 6.45) is 1.52. The van der Waals surface area contributed by atoms with E-state index in [1.54, 1.807) is 12.1 Å². The SMILES string of the molecule is Cc1coc2c(O)c(=O)cccc12. The van der Waals surface area contributed by atoms with Gasteiger partial charge in [0.1, 0.15) is 0 Å². The monoisotopic (exact) mass is 176 g/mol. The largest absolute Gasteiger partial charge is 0.502 e. The van der Waals surface area contributed by atoms with Gasteiger partial charge in [-0.1, -0.05) is 12.1 Å². The summed E-state index contributed by atoms with van der Waals surface area (Å²) in [6.45, 7) is 1.86. The number of aromatic hydroxyl groups is 1. The van der Waals surface area contributed by atoms with Gasteiger partial charge in [0, 0.05) is 5.39 Å². The van der Waals surface area contributed by atoms with Crippen LogP contribution in [0.25, 0.3) is 11.0 Å². The van der Waals surface area contributed by atoms with Gasteiger partial charge in [-0.2, -0.15) is 0 Å². The predicted octanol–water partition coefficient (Wildman–Crippen LogP) is 1.81. The van der Waals surface area contributed by atoms with Gasteiger partial charge in [-0.15, -0.1) is 0 Å². The van der Waals surface area contributed by atoms with Crippen molar-refractivity contribution in [3.05, 3.63) is 40.2 Å². The normalized spacial score (nSPS) is 10.5. The van der Waals surface area contributed by atoms with E-state index in [1.807, 2.05) is 6.92 Å². The Hall–Kier alpha value is -1.77. The van der Waals surface area contributed by atoms with Crippen LogP contribution in [-0.4, -0.2) is 5.11 Å². The molecule has 0 saturated carbocycles. The molecule has 0 aliphatic carbocycles. The highest BCUT2D eigenvalue weighted by atomic mass is 16.3. The van der Waals surface area contributed by atoms with Crippen LogP contribution in [0, 0.1) is 6.92 Å². The van der Waals surface area contributed by atoms with Crippen molar-refractivity contribution in [2.45, 2.75) is 6.92 Å². The first-order valence-corrected chi connectivity index (χ1v) is 3.90. The molecule has 0 amide bonds. The van der Waals surface area contributed by atoms with Gasteiger partial charge in [0.15, 0.2) is 5.58 Å². The molecule has 0 atom stereocenters. The first-order chi connectivity index (χ1) is 6.20. The molecule has 2 rings (SSSR count). The number of furan rings is 1. The Bertz CT molecular complexity index is 511. The highest BCUT2D eigenvalue weighted by Gasteiger charge is 2.06. The fourth-order valence-electron chi connectivity index (χ4n) is 1.27. The summed E-state index contributed by atoms with van der Waals surface area (Å²) in [7, 11) is 0. The van der Waals surface area contributed by atoms with Crippen LogP contribution in [0.4, 0.5) is 0 Å². The van der Waals surface area contributed by atoms with Crippen LogP contribution in [0.5, 0.6) is 5.75 Å². The summed E-state index contributed by atoms with van der Waals surface area (Å²) in [5, 5.41) is 10.2. The molecule has 1 aromatic carbocycles. The molecule has 3 heteroatoms. The second kappa shape index (κ2) is 2.62. The van der Waals surface area contributed by atoms with Gasteiger partial charge in [0.25, 0.3) is 0 Å². The molecule has 3 nitrogen and oxygen atoms in total. The summed E-state index contributed by atoms with van der Waals surface area (Å²) < 4.78 is 5.07. The van der Waals surface area contributed by atoms with Crippen molar-refractivity contribution in [1.29, 1.82) is 0 Å². The molecule has 0 radical (unpaired) electrons. The van der Waals surface area contributed by atoms with Crippen LogP contribution in [0.1, 0.15) is 5.56 Å². The molecule has 2 aromatic rings. The maximum Gasteiger partial charge on any atom is 0.224 e. The second-order valence-corrected chi connectivity index (χ2v) is 2.90. The van der Waals surface area contributed by atoms with E-state index in [2.05, 4.69) is 0 Å². The van der Waals surface area contributed by atoms with Crippen LogP contribution >= 0.6 is 0 Å². The Kier molecular flexibility index (Phi) is 1.59. The second-order valence-electron chi connectivity index (χ2n) is 2.90. The van der Waals surface area contributed by atoms with Gasteiger partial charge in [-0.05, 0) is 18.6 Å². The van der Waals surface area contributed by atoms with Crippen molar-refractivity contribution >= 4 is 11.0 Å². The Morgan fingerprint density at radius 2 is 2.15 bits per heavy atom. The van der Waals surface area contributed by atoms with Crippen molar-refractivity contribution in [3.63, 3.8) is 0 Å². The van der Waals surface area contributed by atoms with Gasteiger partial charge in [0.2, 0.25) is 11.2 Å². The van der Waals surface area contributed by atoms with E-state index in [0.717, 1.165) is 10.9 Å². The van der Waals surface area contributed by atoms with E-state index in [-0.39, 0.29) is 11.3 Å². The zero-order chi connectivity index (χ0) is 9.42. The van der Waals surface area contributed by atoms with Crippen LogP contribution in [0.15, 0.2) is 33.7 Å². The van der Waals surface area contributed by atoms with Gasteiger partial charge >= 0.3 is 0 Å². The molecule has 0 spiro atoms. The number of hydrogen-bond acceptors (Lipinski definition) is 3. The maximum absolute atomic E-state index is 11.1. The van der Waals surface area contributed by atoms with Crippen molar-refractivity contribution in [3.8, 4) is 5.75 Å². The summed E-state index contributed by atoms with van der Waals surface area (Å²) in [5.41, 5.74) is 0.734. The van der Waals surface area contributed by atoms with E-state index in [4.69, 9.17) is 4.42 Å². The van der Waals surface area contributed by atoms with Gasteiger partial charge < -0.3 is 9.52 Å². The van der Waals surface area contributed by atoms with Crippen molar-refractivity contribution < 1.29 is 9.52 Å². The van der Waals surface area contributed by atoms with E-state index >= 15 is 0 Å². The molecule has 66 valence electrons. The van der Waals surface area contributed by atoms with E-state index < -0.39 is 5.43 Å². The zero-order valence-corrected chi connectivity index (χ0v) is 7.07. The summed E-state index contributed by atoms with van der Waals surface area (Å²) in [4.78, 5) is 11.1. The van der Waals surface area contributed by atoms with Crippen LogP contribution in [-0.2, 0) is 0 Å². The molecule has 1 aromatic heterocycles. The highest BCUT2D eigenvalue weighted by molar-refractivity contribution is 5.84. The molecular formula is C10H8O3. The van der Waals surface area contributed by atoms with Crippen LogP contribution < -0.4 is 5.43 Å². The molecule has 13 heavy (non-hydrogen) atoms. The summed E-state index contributed by atoms with van der Waals surface area (Å²) >= 11 is 0.